The van der Waals surface area contributed by atoms with Gasteiger partial charge in [0.2, 0.25) is 10.0 Å². The average Bonchev–Trinajstić information content (AvgIpc) is 3.40. The topological polar surface area (TPSA) is 99.9 Å². The van der Waals surface area contributed by atoms with Gasteiger partial charge in [-0.1, -0.05) is 24.3 Å². The lowest BCUT2D eigenvalue weighted by Gasteiger charge is -2.39. The second-order valence-electron chi connectivity index (χ2n) is 8.19. The van der Waals surface area contributed by atoms with Crippen molar-refractivity contribution >= 4 is 16.0 Å². The number of rotatable bonds is 5. The third-order valence-electron chi connectivity index (χ3n) is 6.29. The molecule has 1 aromatic heterocycles. The summed E-state index contributed by atoms with van der Waals surface area (Å²) < 4.78 is 63.3. The van der Waals surface area contributed by atoms with Crippen LogP contribution in [-0.2, 0) is 26.8 Å². The maximum atomic E-state index is 12.2. The van der Waals surface area contributed by atoms with Crippen molar-refractivity contribution in [1.82, 2.24) is 9.62 Å². The number of fused-ring (bicyclic) bond motifs is 2. The van der Waals surface area contributed by atoms with Crippen LogP contribution in [0.15, 0.2) is 47.1 Å². The van der Waals surface area contributed by atoms with E-state index in [1.165, 1.54) is 11.1 Å². The van der Waals surface area contributed by atoms with Gasteiger partial charge in [0.05, 0.1) is 18.6 Å². The van der Waals surface area contributed by atoms with Crippen LogP contribution in [0.3, 0.4) is 0 Å². The lowest BCUT2D eigenvalue weighted by Crippen LogP contribution is -2.45. The number of hydrogen-bond acceptors (Lipinski definition) is 5. The molecule has 11 heteroatoms. The minimum absolute atomic E-state index is 0.0805. The Morgan fingerprint density at radius 2 is 1.85 bits per heavy atom. The Kier molecular flexibility index (Phi) is 7.55. The number of furan rings is 1. The number of alkyl halides is 3. The molecule has 4 rings (SSSR count). The Morgan fingerprint density at radius 1 is 1.21 bits per heavy atom. The van der Waals surface area contributed by atoms with Crippen LogP contribution in [0.2, 0.25) is 0 Å². The van der Waals surface area contributed by atoms with E-state index in [2.05, 4.69) is 29.6 Å². The summed E-state index contributed by atoms with van der Waals surface area (Å²) in [4.78, 5) is 8.90. The van der Waals surface area contributed by atoms with E-state index in [1.807, 2.05) is 12.1 Å². The standard InChI is InChI=1S/C20H26N2O3S.C2HF3O2/c1-2-26(23,24)22-11-9-20(10-12-22)14-19(17-7-3-4-8-18(17)20)21-15-16-6-5-13-25-16;3-2(4,5)1(6)7/h3-8,13,19,21H,2,9-12,14-15H2,1H3;(H,6,7). The molecule has 0 amide bonds. The van der Waals surface area contributed by atoms with Gasteiger partial charge in [-0.05, 0) is 54.9 Å². The highest BCUT2D eigenvalue weighted by Crippen LogP contribution is 2.51. The third-order valence-corrected chi connectivity index (χ3v) is 8.17. The lowest BCUT2D eigenvalue weighted by molar-refractivity contribution is -0.192. The molecular formula is C22H27F3N2O5S. The molecule has 2 aliphatic rings. The molecule has 182 valence electrons. The summed E-state index contributed by atoms with van der Waals surface area (Å²) in [5.74, 6) is -1.64. The smallest absolute Gasteiger partial charge is 0.475 e. The van der Waals surface area contributed by atoms with E-state index in [0.29, 0.717) is 19.6 Å². The van der Waals surface area contributed by atoms with E-state index in [0.717, 1.165) is 25.0 Å². The Hall–Kier alpha value is -2.37. The predicted octanol–water partition coefficient (Wildman–Crippen LogP) is 3.83. The van der Waals surface area contributed by atoms with Crippen LogP contribution in [-0.4, -0.2) is 48.8 Å². The van der Waals surface area contributed by atoms with Gasteiger partial charge in [-0.25, -0.2) is 17.5 Å². The fourth-order valence-corrected chi connectivity index (χ4v) is 5.67. The van der Waals surface area contributed by atoms with Crippen LogP contribution in [0, 0.1) is 0 Å². The van der Waals surface area contributed by atoms with Crippen molar-refractivity contribution in [3.05, 3.63) is 59.5 Å². The number of benzene rings is 1. The zero-order valence-corrected chi connectivity index (χ0v) is 19.0. The molecule has 33 heavy (non-hydrogen) atoms. The molecule has 1 aromatic carbocycles. The van der Waals surface area contributed by atoms with Gasteiger partial charge in [0.15, 0.2) is 0 Å². The highest BCUT2D eigenvalue weighted by molar-refractivity contribution is 7.89. The first kappa shape index (κ1) is 25.3. The fraction of sp³-hybridized carbons (Fsp3) is 0.500. The van der Waals surface area contributed by atoms with Crippen molar-refractivity contribution in [2.45, 2.75) is 50.4 Å². The average molecular weight is 489 g/mol. The first-order chi connectivity index (χ1) is 15.5. The van der Waals surface area contributed by atoms with E-state index < -0.39 is 22.2 Å². The fourth-order valence-electron chi connectivity index (χ4n) is 4.56. The molecule has 1 spiro atoms. The number of carboxylic acid groups (broad SMARTS) is 1. The zero-order valence-electron chi connectivity index (χ0n) is 18.1. The van der Waals surface area contributed by atoms with Gasteiger partial charge in [0, 0.05) is 19.1 Å². The number of carboxylic acids is 1. The van der Waals surface area contributed by atoms with Gasteiger partial charge < -0.3 is 14.8 Å². The molecule has 1 atom stereocenters. The highest BCUT2D eigenvalue weighted by atomic mass is 32.2. The Balaban J connectivity index is 0.000000383. The van der Waals surface area contributed by atoms with Crippen molar-refractivity contribution in [2.24, 2.45) is 0 Å². The molecule has 0 saturated carbocycles. The molecule has 0 radical (unpaired) electrons. The molecule has 0 bridgehead atoms. The van der Waals surface area contributed by atoms with Crippen molar-refractivity contribution in [1.29, 1.82) is 0 Å². The number of hydrogen-bond donors (Lipinski definition) is 2. The number of halogens is 3. The van der Waals surface area contributed by atoms with Crippen molar-refractivity contribution < 1.29 is 35.9 Å². The number of piperidine rings is 1. The molecule has 2 aromatic rings. The van der Waals surface area contributed by atoms with E-state index in [9.17, 15) is 21.6 Å². The van der Waals surface area contributed by atoms with Gasteiger partial charge in [-0.2, -0.15) is 13.2 Å². The quantitative estimate of drug-likeness (QED) is 0.664. The molecule has 2 heterocycles. The summed E-state index contributed by atoms with van der Waals surface area (Å²) in [6, 6.07) is 12.8. The summed E-state index contributed by atoms with van der Waals surface area (Å²) >= 11 is 0. The van der Waals surface area contributed by atoms with Crippen molar-refractivity contribution in [2.75, 3.05) is 18.8 Å². The van der Waals surface area contributed by atoms with Crippen LogP contribution in [0.1, 0.15) is 49.1 Å². The summed E-state index contributed by atoms with van der Waals surface area (Å²) in [5, 5.41) is 10.8. The van der Waals surface area contributed by atoms with Gasteiger partial charge in [0.1, 0.15) is 5.76 Å². The number of aliphatic carboxylic acids is 1. The van der Waals surface area contributed by atoms with Gasteiger partial charge in [0.25, 0.3) is 0 Å². The van der Waals surface area contributed by atoms with Crippen LogP contribution in [0.25, 0.3) is 0 Å². The molecule has 1 aliphatic carbocycles. The SMILES string of the molecule is CCS(=O)(=O)N1CCC2(CC1)CC(NCc1ccco1)c1ccccc12.O=C(O)C(F)(F)F. The van der Waals surface area contributed by atoms with E-state index in [4.69, 9.17) is 14.3 Å². The van der Waals surface area contributed by atoms with Gasteiger partial charge in [-0.3, -0.25) is 0 Å². The molecule has 1 unspecified atom stereocenters. The van der Waals surface area contributed by atoms with Crippen LogP contribution in [0.4, 0.5) is 13.2 Å². The lowest BCUT2D eigenvalue weighted by atomic mass is 9.74. The summed E-state index contributed by atoms with van der Waals surface area (Å²) in [6.45, 7) is 3.67. The Labute approximate surface area is 190 Å². The van der Waals surface area contributed by atoms with E-state index in [-0.39, 0.29) is 17.2 Å². The van der Waals surface area contributed by atoms with Gasteiger partial charge >= 0.3 is 12.1 Å². The number of sulfonamides is 1. The van der Waals surface area contributed by atoms with Crippen LogP contribution < -0.4 is 5.32 Å². The summed E-state index contributed by atoms with van der Waals surface area (Å²) in [7, 11) is -3.09. The number of nitrogens with zero attached hydrogens (tertiary/aromatic N) is 1. The number of carbonyl (C=O) groups is 1. The van der Waals surface area contributed by atoms with Crippen LogP contribution in [0.5, 0.6) is 0 Å². The molecule has 1 fully saturated rings. The molecule has 1 aliphatic heterocycles. The Bertz CT molecular complexity index is 1050. The zero-order chi connectivity index (χ0) is 24.3. The Morgan fingerprint density at radius 3 is 2.39 bits per heavy atom. The normalized spacial score (nSPS) is 20.2. The number of nitrogens with one attached hydrogen (secondary N) is 1. The summed E-state index contributed by atoms with van der Waals surface area (Å²) in [5.41, 5.74) is 2.83. The minimum Gasteiger partial charge on any atom is -0.475 e. The van der Waals surface area contributed by atoms with Crippen molar-refractivity contribution in [3.63, 3.8) is 0 Å². The maximum Gasteiger partial charge on any atom is 0.490 e. The molecule has 7 nitrogen and oxygen atoms in total. The molecule has 1 saturated heterocycles. The van der Waals surface area contributed by atoms with Crippen LogP contribution >= 0.6 is 0 Å². The molecule has 2 N–H and O–H groups in total. The largest absolute Gasteiger partial charge is 0.490 e. The van der Waals surface area contributed by atoms with Gasteiger partial charge in [-0.15, -0.1) is 0 Å². The first-order valence-electron chi connectivity index (χ1n) is 10.6. The highest BCUT2D eigenvalue weighted by Gasteiger charge is 2.46. The third kappa shape index (κ3) is 5.77. The maximum absolute atomic E-state index is 12.2. The monoisotopic (exact) mass is 488 g/mol. The summed E-state index contributed by atoms with van der Waals surface area (Å²) in [6.07, 6.45) is -0.581. The van der Waals surface area contributed by atoms with E-state index in [1.54, 1.807) is 17.5 Å². The molecular weight excluding hydrogens is 461 g/mol. The van der Waals surface area contributed by atoms with E-state index >= 15 is 0 Å². The second kappa shape index (κ2) is 9.86. The minimum atomic E-state index is -5.08. The first-order valence-corrected chi connectivity index (χ1v) is 12.2. The van der Waals surface area contributed by atoms with Crippen molar-refractivity contribution in [3.8, 4) is 0 Å². The predicted molar refractivity (Wildman–Crippen MR) is 115 cm³/mol. The second-order valence-corrected chi connectivity index (χ2v) is 10.4.